The van der Waals surface area contributed by atoms with E-state index in [0.29, 0.717) is 0 Å². The number of hydrogen-bond donors (Lipinski definition) is 0. The predicted octanol–water partition coefficient (Wildman–Crippen LogP) is 13.9. The van der Waals surface area contributed by atoms with Crippen LogP contribution in [0.15, 0.2) is 146 Å². The van der Waals surface area contributed by atoms with E-state index in [-0.39, 0.29) is 10.8 Å². The first-order valence-corrected chi connectivity index (χ1v) is 17.2. The van der Waals surface area contributed by atoms with Crippen molar-refractivity contribution in [3.63, 3.8) is 0 Å². The summed E-state index contributed by atoms with van der Waals surface area (Å²) in [7, 11) is 0. The van der Waals surface area contributed by atoms with Gasteiger partial charge in [-0.1, -0.05) is 181 Å². The molecule has 0 radical (unpaired) electrons. The van der Waals surface area contributed by atoms with E-state index in [2.05, 4.69) is 187 Å². The molecule has 0 saturated heterocycles. The predicted molar refractivity (Wildman–Crippen MR) is 210 cm³/mol. The van der Waals surface area contributed by atoms with Crippen molar-refractivity contribution in [2.45, 2.75) is 52.4 Å². The smallest absolute Gasteiger partial charge is 0.00199 e. The summed E-state index contributed by atoms with van der Waals surface area (Å²) in [6, 6.07) is 54.4. The molecule has 48 heavy (non-hydrogen) atoms. The molecule has 0 heteroatoms. The molecule has 0 atom stereocenters. The van der Waals surface area contributed by atoms with Gasteiger partial charge in [-0.25, -0.2) is 0 Å². The van der Waals surface area contributed by atoms with Crippen molar-refractivity contribution < 1.29 is 0 Å². The van der Waals surface area contributed by atoms with Gasteiger partial charge in [0, 0.05) is 0 Å². The molecule has 0 amide bonds. The van der Waals surface area contributed by atoms with Gasteiger partial charge in [-0.2, -0.15) is 0 Å². The van der Waals surface area contributed by atoms with Crippen LogP contribution in [0.4, 0.5) is 0 Å². The van der Waals surface area contributed by atoms with Crippen molar-refractivity contribution in [3.8, 4) is 33.4 Å². The van der Waals surface area contributed by atoms with E-state index < -0.39 is 0 Å². The van der Waals surface area contributed by atoms with Gasteiger partial charge in [-0.3, -0.25) is 0 Å². The second kappa shape index (κ2) is 11.2. The molecule has 0 nitrogen and oxygen atoms in total. The van der Waals surface area contributed by atoms with E-state index >= 15 is 0 Å². The van der Waals surface area contributed by atoms with E-state index in [1.807, 2.05) is 0 Å². The first kappa shape index (κ1) is 30.2. The van der Waals surface area contributed by atoms with Gasteiger partial charge >= 0.3 is 0 Å². The van der Waals surface area contributed by atoms with Crippen LogP contribution >= 0.6 is 0 Å². The zero-order valence-corrected chi connectivity index (χ0v) is 28.9. The van der Waals surface area contributed by atoms with Crippen molar-refractivity contribution in [1.82, 2.24) is 0 Å². The molecular weight excluding hydrogens is 577 g/mol. The van der Waals surface area contributed by atoms with Crippen LogP contribution < -0.4 is 0 Å². The summed E-state index contributed by atoms with van der Waals surface area (Å²) >= 11 is 0. The number of hydrogen-bond acceptors (Lipinski definition) is 0. The van der Waals surface area contributed by atoms with E-state index in [0.717, 1.165) is 0 Å². The van der Waals surface area contributed by atoms with Crippen molar-refractivity contribution >= 4 is 43.1 Å². The molecule has 0 aliphatic heterocycles. The molecule has 0 saturated carbocycles. The third-order valence-electron chi connectivity index (χ3n) is 10.1. The standard InChI is InChI=1S/C48H42/c1-47(2,3)43-28-26-39(33-18-10-12-20-35(33)43)45-37-22-14-15-23-38(37)46(42-30-32(24-25-41(42)45)31-16-8-7-9-17-31)40-27-29-44(48(4,5)6)36-21-13-11-19-34(36)40/h7-30H,1-6H3. The van der Waals surface area contributed by atoms with Gasteiger partial charge < -0.3 is 0 Å². The van der Waals surface area contributed by atoms with E-state index in [1.165, 1.54) is 87.6 Å². The van der Waals surface area contributed by atoms with Gasteiger partial charge in [0.2, 0.25) is 0 Å². The Morgan fingerprint density at radius 3 is 1.17 bits per heavy atom. The van der Waals surface area contributed by atoms with Crippen LogP contribution in [-0.4, -0.2) is 0 Å². The minimum absolute atomic E-state index is 0.0346. The van der Waals surface area contributed by atoms with Gasteiger partial charge in [-0.15, -0.1) is 0 Å². The summed E-state index contributed by atoms with van der Waals surface area (Å²) in [5, 5.41) is 10.4. The molecule has 0 spiro atoms. The summed E-state index contributed by atoms with van der Waals surface area (Å²) in [6.45, 7) is 13.9. The molecule has 0 fully saturated rings. The highest BCUT2D eigenvalue weighted by molar-refractivity contribution is 6.26. The van der Waals surface area contributed by atoms with Crippen LogP contribution in [0.1, 0.15) is 52.7 Å². The van der Waals surface area contributed by atoms with Crippen LogP contribution in [0.3, 0.4) is 0 Å². The van der Waals surface area contributed by atoms with Crippen LogP contribution in [-0.2, 0) is 10.8 Å². The fraction of sp³-hybridized carbons (Fsp3) is 0.167. The third-order valence-corrected chi connectivity index (χ3v) is 10.1. The molecule has 0 N–H and O–H groups in total. The van der Waals surface area contributed by atoms with Crippen LogP contribution in [0, 0.1) is 0 Å². The maximum Gasteiger partial charge on any atom is -0.00199 e. The Kier molecular flexibility index (Phi) is 7.04. The Morgan fingerprint density at radius 1 is 0.292 bits per heavy atom. The molecule has 0 heterocycles. The average Bonchev–Trinajstić information content (AvgIpc) is 3.09. The highest BCUT2D eigenvalue weighted by atomic mass is 14.3. The first-order chi connectivity index (χ1) is 23.1. The van der Waals surface area contributed by atoms with Crippen molar-refractivity contribution in [2.75, 3.05) is 0 Å². The molecule has 8 rings (SSSR count). The number of fused-ring (bicyclic) bond motifs is 4. The molecule has 0 bridgehead atoms. The number of rotatable bonds is 3. The Morgan fingerprint density at radius 2 is 0.688 bits per heavy atom. The molecule has 0 aromatic heterocycles. The molecule has 8 aromatic rings. The Labute approximate surface area is 284 Å². The SMILES string of the molecule is CC(C)(C)c1ccc(-c2c3ccccc3c(-c3ccc(C(C)(C)C)c4ccccc34)c3cc(-c4ccccc4)ccc23)c2ccccc12. The van der Waals surface area contributed by atoms with Gasteiger partial charge in [0.25, 0.3) is 0 Å². The van der Waals surface area contributed by atoms with E-state index in [4.69, 9.17) is 0 Å². The summed E-state index contributed by atoms with van der Waals surface area (Å²) in [4.78, 5) is 0. The second-order valence-electron chi connectivity index (χ2n) is 15.3. The van der Waals surface area contributed by atoms with Gasteiger partial charge in [-0.05, 0) is 104 Å². The second-order valence-corrected chi connectivity index (χ2v) is 15.3. The molecule has 0 aliphatic rings. The minimum Gasteiger partial charge on any atom is -0.0622 e. The zero-order valence-electron chi connectivity index (χ0n) is 28.9. The molecule has 234 valence electrons. The highest BCUT2D eigenvalue weighted by Crippen LogP contribution is 2.49. The molecular formula is C48H42. The van der Waals surface area contributed by atoms with Crippen LogP contribution in [0.5, 0.6) is 0 Å². The topological polar surface area (TPSA) is 0 Å². The summed E-state index contributed by atoms with van der Waals surface area (Å²) in [5.41, 5.74) is 10.5. The lowest BCUT2D eigenvalue weighted by atomic mass is 9.78. The molecule has 0 unspecified atom stereocenters. The largest absolute Gasteiger partial charge is 0.0622 e. The Bertz CT molecular complexity index is 2500. The summed E-state index contributed by atoms with van der Waals surface area (Å²) < 4.78 is 0. The van der Waals surface area contributed by atoms with Crippen molar-refractivity contribution in [2.24, 2.45) is 0 Å². The molecule has 0 aliphatic carbocycles. The lowest BCUT2D eigenvalue weighted by Gasteiger charge is -2.25. The summed E-state index contributed by atoms with van der Waals surface area (Å²) in [6.07, 6.45) is 0. The van der Waals surface area contributed by atoms with Gasteiger partial charge in [0.15, 0.2) is 0 Å². The quantitative estimate of drug-likeness (QED) is 0.173. The maximum atomic E-state index is 2.44. The van der Waals surface area contributed by atoms with E-state index in [9.17, 15) is 0 Å². The number of benzene rings is 8. The maximum absolute atomic E-state index is 2.44. The fourth-order valence-electron chi connectivity index (χ4n) is 7.91. The highest BCUT2D eigenvalue weighted by Gasteiger charge is 2.24. The Hall–Kier alpha value is -5.20. The lowest BCUT2D eigenvalue weighted by molar-refractivity contribution is 0.595. The van der Waals surface area contributed by atoms with Gasteiger partial charge in [0.05, 0.1) is 0 Å². The first-order valence-electron chi connectivity index (χ1n) is 17.2. The van der Waals surface area contributed by atoms with Crippen molar-refractivity contribution in [3.05, 3.63) is 157 Å². The van der Waals surface area contributed by atoms with E-state index in [1.54, 1.807) is 0 Å². The van der Waals surface area contributed by atoms with Gasteiger partial charge in [0.1, 0.15) is 0 Å². The third kappa shape index (κ3) is 4.90. The zero-order chi connectivity index (χ0) is 33.2. The Balaban J connectivity index is 1.55. The lowest BCUT2D eigenvalue weighted by Crippen LogP contribution is -2.12. The molecule has 8 aromatic carbocycles. The fourth-order valence-corrected chi connectivity index (χ4v) is 7.91. The average molecular weight is 619 g/mol. The minimum atomic E-state index is 0.0346. The monoisotopic (exact) mass is 618 g/mol. The summed E-state index contributed by atoms with van der Waals surface area (Å²) in [5.74, 6) is 0. The normalized spacial score (nSPS) is 12.4. The van der Waals surface area contributed by atoms with Crippen molar-refractivity contribution in [1.29, 1.82) is 0 Å². The van der Waals surface area contributed by atoms with Crippen LogP contribution in [0.25, 0.3) is 76.5 Å². The van der Waals surface area contributed by atoms with Crippen LogP contribution in [0.2, 0.25) is 0 Å².